The van der Waals surface area contributed by atoms with Gasteiger partial charge in [-0.3, -0.25) is 9.78 Å². The van der Waals surface area contributed by atoms with E-state index >= 15 is 0 Å². The molecule has 0 radical (unpaired) electrons. The Morgan fingerprint density at radius 3 is 2.76 bits per heavy atom. The summed E-state index contributed by atoms with van der Waals surface area (Å²) < 4.78 is 0. The minimum absolute atomic E-state index is 0.0284. The Morgan fingerprint density at radius 2 is 1.94 bits per heavy atom. The van der Waals surface area contributed by atoms with Crippen LogP contribution in [0.25, 0.3) is 10.9 Å². The largest absolute Gasteiger partial charge is 0.359 e. The molecular weight excluding hydrogens is 212 g/mol. The highest BCUT2D eigenvalue weighted by Crippen LogP contribution is 2.18. The Kier molecular flexibility index (Phi) is 2.22. The van der Waals surface area contributed by atoms with Gasteiger partial charge in [0, 0.05) is 17.8 Å². The first-order valence-electron chi connectivity index (χ1n) is 5.38. The maximum absolute atomic E-state index is 12.3. The number of aromatic amines is 1. The molecule has 0 saturated carbocycles. The number of ketones is 1. The second-order valence-electron chi connectivity index (χ2n) is 3.79. The van der Waals surface area contributed by atoms with Gasteiger partial charge in [0.1, 0.15) is 0 Å². The summed E-state index contributed by atoms with van der Waals surface area (Å²) in [6, 6.07) is 13.0. The van der Waals surface area contributed by atoms with Crippen molar-refractivity contribution in [1.82, 2.24) is 9.97 Å². The van der Waals surface area contributed by atoms with Gasteiger partial charge in [-0.25, -0.2) is 0 Å². The molecular formula is C14H10N2O. The Balaban J connectivity index is 2.21. The number of hydrogen-bond acceptors (Lipinski definition) is 2. The Morgan fingerprint density at radius 1 is 1.06 bits per heavy atom. The van der Waals surface area contributed by atoms with Gasteiger partial charge in [0.2, 0.25) is 5.78 Å². The molecule has 17 heavy (non-hydrogen) atoms. The number of nitrogens with zero attached hydrogens (tertiary/aromatic N) is 1. The van der Waals surface area contributed by atoms with E-state index in [1.807, 2.05) is 30.3 Å². The van der Waals surface area contributed by atoms with Gasteiger partial charge in [-0.05, 0) is 24.3 Å². The molecule has 0 saturated heterocycles. The molecule has 82 valence electrons. The molecule has 3 rings (SSSR count). The third-order valence-corrected chi connectivity index (χ3v) is 2.72. The first-order valence-corrected chi connectivity index (χ1v) is 5.38. The van der Waals surface area contributed by atoms with Crippen molar-refractivity contribution in [2.75, 3.05) is 0 Å². The number of carbonyl (C=O) groups is 1. The standard InChI is InChI=1S/C14H10N2O/c17-14(12-7-3-8-15-12)11-6-1-4-10-5-2-9-16-13(10)11/h1-9,15H. The molecule has 0 amide bonds. The van der Waals surface area contributed by atoms with Crippen LogP contribution >= 0.6 is 0 Å². The fourth-order valence-corrected chi connectivity index (χ4v) is 1.90. The van der Waals surface area contributed by atoms with E-state index in [4.69, 9.17) is 0 Å². The lowest BCUT2D eigenvalue weighted by Crippen LogP contribution is -2.03. The molecule has 1 N–H and O–H groups in total. The molecule has 3 nitrogen and oxygen atoms in total. The first-order chi connectivity index (χ1) is 8.36. The van der Waals surface area contributed by atoms with Crippen LogP contribution in [0.1, 0.15) is 16.1 Å². The number of benzene rings is 1. The Labute approximate surface area is 98.1 Å². The number of carbonyl (C=O) groups excluding carboxylic acids is 1. The second-order valence-corrected chi connectivity index (χ2v) is 3.79. The van der Waals surface area contributed by atoms with E-state index in [9.17, 15) is 4.79 Å². The highest BCUT2D eigenvalue weighted by atomic mass is 16.1. The lowest BCUT2D eigenvalue weighted by atomic mass is 10.0. The number of aromatic nitrogens is 2. The van der Waals surface area contributed by atoms with Crippen LogP contribution in [0.3, 0.4) is 0 Å². The van der Waals surface area contributed by atoms with Gasteiger partial charge in [0.05, 0.1) is 16.8 Å². The van der Waals surface area contributed by atoms with E-state index in [0.29, 0.717) is 11.3 Å². The zero-order valence-electron chi connectivity index (χ0n) is 9.05. The number of pyridine rings is 1. The summed E-state index contributed by atoms with van der Waals surface area (Å²) in [6.45, 7) is 0. The second kappa shape index (κ2) is 3.87. The summed E-state index contributed by atoms with van der Waals surface area (Å²) in [5.74, 6) is -0.0284. The van der Waals surface area contributed by atoms with Gasteiger partial charge < -0.3 is 4.98 Å². The van der Waals surface area contributed by atoms with Crippen molar-refractivity contribution in [3.63, 3.8) is 0 Å². The minimum atomic E-state index is -0.0284. The van der Waals surface area contributed by atoms with Crippen LogP contribution in [0, 0.1) is 0 Å². The van der Waals surface area contributed by atoms with Gasteiger partial charge in [-0.1, -0.05) is 18.2 Å². The van der Waals surface area contributed by atoms with Crippen LogP contribution in [-0.4, -0.2) is 15.8 Å². The normalized spacial score (nSPS) is 10.6. The first kappa shape index (κ1) is 9.78. The Bertz CT molecular complexity index is 666. The number of rotatable bonds is 2. The molecule has 1 aromatic carbocycles. The number of fused-ring (bicyclic) bond motifs is 1. The molecule has 3 heteroatoms. The minimum Gasteiger partial charge on any atom is -0.359 e. The average Bonchev–Trinajstić information content (AvgIpc) is 2.91. The number of hydrogen-bond donors (Lipinski definition) is 1. The number of H-pyrrole nitrogens is 1. The summed E-state index contributed by atoms with van der Waals surface area (Å²) in [7, 11) is 0. The lowest BCUT2D eigenvalue weighted by Gasteiger charge is -2.03. The van der Waals surface area contributed by atoms with Gasteiger partial charge >= 0.3 is 0 Å². The summed E-state index contributed by atoms with van der Waals surface area (Å²) in [6.07, 6.45) is 3.44. The van der Waals surface area contributed by atoms with Gasteiger partial charge in [-0.15, -0.1) is 0 Å². The molecule has 0 aliphatic rings. The van der Waals surface area contributed by atoms with E-state index in [0.717, 1.165) is 10.9 Å². The van der Waals surface area contributed by atoms with Crippen molar-refractivity contribution >= 4 is 16.7 Å². The van der Waals surface area contributed by atoms with Crippen LogP contribution in [0.5, 0.6) is 0 Å². The predicted octanol–water partition coefficient (Wildman–Crippen LogP) is 2.79. The predicted molar refractivity (Wildman–Crippen MR) is 66.0 cm³/mol. The van der Waals surface area contributed by atoms with E-state index in [1.54, 1.807) is 24.5 Å². The van der Waals surface area contributed by atoms with Gasteiger partial charge in [-0.2, -0.15) is 0 Å². The average molecular weight is 222 g/mol. The third-order valence-electron chi connectivity index (χ3n) is 2.72. The monoisotopic (exact) mass is 222 g/mol. The fraction of sp³-hybridized carbons (Fsp3) is 0. The number of para-hydroxylation sites is 1. The van der Waals surface area contributed by atoms with Crippen molar-refractivity contribution < 1.29 is 4.79 Å². The topological polar surface area (TPSA) is 45.8 Å². The lowest BCUT2D eigenvalue weighted by molar-refractivity contribution is 0.103. The quantitative estimate of drug-likeness (QED) is 0.677. The highest BCUT2D eigenvalue weighted by Gasteiger charge is 2.13. The van der Waals surface area contributed by atoms with Crippen LogP contribution in [-0.2, 0) is 0 Å². The van der Waals surface area contributed by atoms with Crippen molar-refractivity contribution in [3.8, 4) is 0 Å². The van der Waals surface area contributed by atoms with Crippen LogP contribution in [0.2, 0.25) is 0 Å². The molecule has 2 aromatic heterocycles. The molecule has 0 spiro atoms. The van der Waals surface area contributed by atoms with E-state index < -0.39 is 0 Å². The number of nitrogens with one attached hydrogen (secondary N) is 1. The molecule has 0 fully saturated rings. The SMILES string of the molecule is O=C(c1ccc[nH]1)c1cccc2cccnc12. The van der Waals surface area contributed by atoms with E-state index in [-0.39, 0.29) is 5.78 Å². The van der Waals surface area contributed by atoms with Crippen LogP contribution in [0.4, 0.5) is 0 Å². The summed E-state index contributed by atoms with van der Waals surface area (Å²) in [4.78, 5) is 19.5. The van der Waals surface area contributed by atoms with E-state index in [1.165, 1.54) is 0 Å². The highest BCUT2D eigenvalue weighted by molar-refractivity contribution is 6.14. The van der Waals surface area contributed by atoms with Crippen LogP contribution < -0.4 is 0 Å². The molecule has 0 atom stereocenters. The maximum Gasteiger partial charge on any atom is 0.211 e. The van der Waals surface area contributed by atoms with Crippen molar-refractivity contribution in [3.05, 3.63) is 66.1 Å². The molecule has 3 aromatic rings. The van der Waals surface area contributed by atoms with Crippen molar-refractivity contribution in [2.45, 2.75) is 0 Å². The molecule has 0 aliphatic carbocycles. The molecule has 0 aliphatic heterocycles. The zero-order chi connectivity index (χ0) is 11.7. The third kappa shape index (κ3) is 1.61. The summed E-state index contributed by atoms with van der Waals surface area (Å²) in [5, 5.41) is 0.977. The van der Waals surface area contributed by atoms with Crippen LogP contribution in [0.15, 0.2) is 54.9 Å². The fourth-order valence-electron chi connectivity index (χ4n) is 1.90. The van der Waals surface area contributed by atoms with Gasteiger partial charge in [0.15, 0.2) is 0 Å². The smallest absolute Gasteiger partial charge is 0.211 e. The zero-order valence-corrected chi connectivity index (χ0v) is 9.05. The van der Waals surface area contributed by atoms with Crippen molar-refractivity contribution in [1.29, 1.82) is 0 Å². The maximum atomic E-state index is 12.3. The van der Waals surface area contributed by atoms with Crippen molar-refractivity contribution in [2.24, 2.45) is 0 Å². The molecule has 0 unspecified atom stereocenters. The Hall–Kier alpha value is -2.42. The van der Waals surface area contributed by atoms with E-state index in [2.05, 4.69) is 9.97 Å². The molecule has 0 bridgehead atoms. The molecule has 2 heterocycles. The van der Waals surface area contributed by atoms with Gasteiger partial charge in [0.25, 0.3) is 0 Å². The summed E-state index contributed by atoms with van der Waals surface area (Å²) in [5.41, 5.74) is 1.96. The summed E-state index contributed by atoms with van der Waals surface area (Å²) >= 11 is 0.